The molecule has 2 saturated heterocycles. The molecule has 2 aliphatic heterocycles. The lowest BCUT2D eigenvalue weighted by Gasteiger charge is -2.32. The maximum absolute atomic E-state index is 6.18. The van der Waals surface area contributed by atoms with E-state index in [2.05, 4.69) is 67.2 Å². The zero-order valence-corrected chi connectivity index (χ0v) is 20.4. The van der Waals surface area contributed by atoms with E-state index in [1.807, 2.05) is 48.5 Å². The van der Waals surface area contributed by atoms with Crippen molar-refractivity contribution >= 4 is 25.2 Å². The van der Waals surface area contributed by atoms with E-state index in [0.29, 0.717) is 0 Å². The highest BCUT2D eigenvalue weighted by atomic mass is 16.7. The molecule has 0 aromatic heterocycles. The normalized spacial score (nSPS) is 22.5. The van der Waals surface area contributed by atoms with Crippen LogP contribution in [0.3, 0.4) is 0 Å². The highest BCUT2D eigenvalue weighted by Crippen LogP contribution is 2.37. The Morgan fingerprint density at radius 3 is 1.16 bits per heavy atom. The van der Waals surface area contributed by atoms with E-state index in [9.17, 15) is 0 Å². The fourth-order valence-electron chi connectivity index (χ4n) is 3.63. The van der Waals surface area contributed by atoms with E-state index in [1.54, 1.807) is 0 Å². The predicted molar refractivity (Wildman–Crippen MR) is 130 cm³/mol. The Balaban J connectivity index is 1.53. The second-order valence-corrected chi connectivity index (χ2v) is 10.7. The summed E-state index contributed by atoms with van der Waals surface area (Å²) in [5, 5.41) is 0. The maximum atomic E-state index is 6.18. The molecular formula is C26H32B2O4. The Bertz CT molecular complexity index is 963. The van der Waals surface area contributed by atoms with Crippen molar-refractivity contribution < 1.29 is 18.6 Å². The Kier molecular flexibility index (Phi) is 5.63. The standard InChI is InChI=1S/C26H32B2O4/c1-23(2)24(3,4)30-27(29-23)21-13-9-11-19(17-21)15-16-20-12-10-14-22(18-20)28-31-25(5,6)26(7,8)32-28/h9-14,17-18H,1-8H3. The molecule has 0 bridgehead atoms. The topological polar surface area (TPSA) is 36.9 Å². The predicted octanol–water partition coefficient (Wildman–Crippen LogP) is 3.68. The summed E-state index contributed by atoms with van der Waals surface area (Å²) in [6.07, 6.45) is 0. The van der Waals surface area contributed by atoms with Crippen LogP contribution in [-0.4, -0.2) is 36.6 Å². The quantitative estimate of drug-likeness (QED) is 0.538. The van der Waals surface area contributed by atoms with Gasteiger partial charge in [0.15, 0.2) is 0 Å². The molecule has 0 saturated carbocycles. The summed E-state index contributed by atoms with van der Waals surface area (Å²) >= 11 is 0. The molecule has 2 heterocycles. The lowest BCUT2D eigenvalue weighted by Crippen LogP contribution is -2.41. The van der Waals surface area contributed by atoms with Gasteiger partial charge in [-0.25, -0.2) is 0 Å². The van der Waals surface area contributed by atoms with Gasteiger partial charge in [-0.1, -0.05) is 36.1 Å². The van der Waals surface area contributed by atoms with Crippen molar-refractivity contribution in [2.24, 2.45) is 0 Å². The molecule has 0 N–H and O–H groups in total. The molecule has 0 spiro atoms. The summed E-state index contributed by atoms with van der Waals surface area (Å²) in [6, 6.07) is 16.1. The Morgan fingerprint density at radius 2 is 0.844 bits per heavy atom. The summed E-state index contributed by atoms with van der Waals surface area (Å²) in [5.74, 6) is 6.55. The fraction of sp³-hybridized carbons (Fsp3) is 0.462. The van der Waals surface area contributed by atoms with E-state index >= 15 is 0 Å². The van der Waals surface area contributed by atoms with Crippen LogP contribution in [0.25, 0.3) is 0 Å². The first-order chi connectivity index (χ1) is 14.8. The molecule has 4 nitrogen and oxygen atoms in total. The third kappa shape index (κ3) is 4.28. The second-order valence-electron chi connectivity index (χ2n) is 10.7. The van der Waals surface area contributed by atoms with Gasteiger partial charge in [-0.3, -0.25) is 0 Å². The van der Waals surface area contributed by atoms with Crippen molar-refractivity contribution in [1.82, 2.24) is 0 Å². The van der Waals surface area contributed by atoms with Crippen LogP contribution in [0.4, 0.5) is 0 Å². The molecule has 2 aromatic carbocycles. The van der Waals surface area contributed by atoms with Crippen LogP contribution in [0, 0.1) is 11.8 Å². The van der Waals surface area contributed by atoms with Crippen molar-refractivity contribution in [2.75, 3.05) is 0 Å². The van der Waals surface area contributed by atoms with Crippen LogP contribution >= 0.6 is 0 Å². The first kappa shape index (κ1) is 23.1. The lowest BCUT2D eigenvalue weighted by atomic mass is 9.78. The van der Waals surface area contributed by atoms with Crippen molar-refractivity contribution in [3.05, 3.63) is 59.7 Å². The average Bonchev–Trinajstić information content (AvgIpc) is 3.06. The van der Waals surface area contributed by atoms with Crippen molar-refractivity contribution in [3.63, 3.8) is 0 Å². The number of rotatable bonds is 2. The molecule has 2 aliphatic rings. The highest BCUT2D eigenvalue weighted by molar-refractivity contribution is 6.62. The lowest BCUT2D eigenvalue weighted by molar-refractivity contribution is 0.00578. The third-order valence-electron chi connectivity index (χ3n) is 7.18. The van der Waals surface area contributed by atoms with Crippen LogP contribution in [0.15, 0.2) is 48.5 Å². The monoisotopic (exact) mass is 430 g/mol. The molecule has 0 aliphatic carbocycles. The SMILES string of the molecule is CC1(C)OB(c2cccc(C#Cc3cccc(B4OC(C)(C)C(C)(C)O4)c3)c2)OC1(C)C. The van der Waals surface area contributed by atoms with Gasteiger partial charge in [0.2, 0.25) is 0 Å². The average molecular weight is 430 g/mol. The molecule has 4 rings (SSSR count). The van der Waals surface area contributed by atoms with Gasteiger partial charge in [-0.05, 0) is 90.6 Å². The first-order valence-electron chi connectivity index (χ1n) is 11.2. The molecule has 0 atom stereocenters. The van der Waals surface area contributed by atoms with Gasteiger partial charge in [0, 0.05) is 11.1 Å². The van der Waals surface area contributed by atoms with E-state index in [-0.39, 0.29) is 22.4 Å². The fourth-order valence-corrected chi connectivity index (χ4v) is 3.63. The van der Waals surface area contributed by atoms with Gasteiger partial charge in [0.1, 0.15) is 0 Å². The Hall–Kier alpha value is -2.03. The minimum absolute atomic E-state index is 0.368. The van der Waals surface area contributed by atoms with Gasteiger partial charge < -0.3 is 18.6 Å². The zero-order valence-electron chi connectivity index (χ0n) is 20.4. The van der Waals surface area contributed by atoms with E-state index in [0.717, 1.165) is 22.1 Å². The third-order valence-corrected chi connectivity index (χ3v) is 7.18. The summed E-state index contributed by atoms with van der Waals surface area (Å²) in [5.41, 5.74) is 2.31. The van der Waals surface area contributed by atoms with Crippen LogP contribution in [0.5, 0.6) is 0 Å². The van der Waals surface area contributed by atoms with Gasteiger partial charge in [0.05, 0.1) is 22.4 Å². The Labute approximate surface area is 193 Å². The zero-order chi connectivity index (χ0) is 23.4. The molecule has 0 radical (unpaired) electrons. The molecule has 32 heavy (non-hydrogen) atoms. The smallest absolute Gasteiger partial charge is 0.399 e. The van der Waals surface area contributed by atoms with Crippen LogP contribution in [0.2, 0.25) is 0 Å². The number of benzene rings is 2. The number of hydrogen-bond donors (Lipinski definition) is 0. The van der Waals surface area contributed by atoms with Gasteiger partial charge in [-0.2, -0.15) is 0 Å². The molecule has 166 valence electrons. The molecular weight excluding hydrogens is 398 g/mol. The van der Waals surface area contributed by atoms with Crippen molar-refractivity contribution in [1.29, 1.82) is 0 Å². The van der Waals surface area contributed by atoms with Gasteiger partial charge >= 0.3 is 14.2 Å². The number of hydrogen-bond acceptors (Lipinski definition) is 4. The summed E-state index contributed by atoms with van der Waals surface area (Å²) in [7, 11) is -0.790. The van der Waals surface area contributed by atoms with Crippen LogP contribution in [0.1, 0.15) is 66.5 Å². The van der Waals surface area contributed by atoms with E-state index in [4.69, 9.17) is 18.6 Å². The minimum atomic E-state index is -0.395. The van der Waals surface area contributed by atoms with Crippen LogP contribution in [-0.2, 0) is 18.6 Å². The summed E-state index contributed by atoms with van der Waals surface area (Å²) < 4.78 is 24.7. The molecule has 2 aromatic rings. The van der Waals surface area contributed by atoms with Gasteiger partial charge in [0.25, 0.3) is 0 Å². The molecule has 2 fully saturated rings. The van der Waals surface area contributed by atoms with E-state index in [1.165, 1.54) is 0 Å². The van der Waals surface area contributed by atoms with E-state index < -0.39 is 14.2 Å². The minimum Gasteiger partial charge on any atom is -0.399 e. The highest BCUT2D eigenvalue weighted by Gasteiger charge is 2.52. The maximum Gasteiger partial charge on any atom is 0.494 e. The van der Waals surface area contributed by atoms with Crippen molar-refractivity contribution in [3.8, 4) is 11.8 Å². The first-order valence-corrected chi connectivity index (χ1v) is 11.2. The second kappa shape index (κ2) is 7.78. The van der Waals surface area contributed by atoms with Crippen LogP contribution < -0.4 is 10.9 Å². The largest absolute Gasteiger partial charge is 0.494 e. The summed E-state index contributed by atoms with van der Waals surface area (Å²) in [4.78, 5) is 0. The Morgan fingerprint density at radius 1 is 0.531 bits per heavy atom. The summed E-state index contributed by atoms with van der Waals surface area (Å²) in [6.45, 7) is 16.5. The van der Waals surface area contributed by atoms with Gasteiger partial charge in [-0.15, -0.1) is 0 Å². The molecule has 0 unspecified atom stereocenters. The molecule has 6 heteroatoms. The van der Waals surface area contributed by atoms with Crippen molar-refractivity contribution in [2.45, 2.75) is 77.8 Å². The molecule has 0 amide bonds.